The third kappa shape index (κ3) is 5.65. The van der Waals surface area contributed by atoms with Gasteiger partial charge < -0.3 is 19.3 Å². The summed E-state index contributed by atoms with van der Waals surface area (Å²) in [6.07, 6.45) is 3.60. The van der Waals surface area contributed by atoms with Crippen LogP contribution in [0.5, 0.6) is 5.88 Å². The molecule has 1 aliphatic heterocycles. The second-order valence-corrected chi connectivity index (χ2v) is 8.09. The van der Waals surface area contributed by atoms with E-state index in [4.69, 9.17) is 9.47 Å². The van der Waals surface area contributed by atoms with Gasteiger partial charge in [-0.3, -0.25) is 0 Å². The molecule has 0 radical (unpaired) electrons. The Morgan fingerprint density at radius 3 is 2.77 bits per heavy atom. The number of thioether (sulfide) groups is 1. The average Bonchev–Trinajstić information content (AvgIpc) is 2.59. The fraction of sp³-hybridized carbons (Fsp3) is 0.722. The summed E-state index contributed by atoms with van der Waals surface area (Å²) in [4.78, 5) is 25.3. The molecule has 0 unspecified atom stereocenters. The number of nitrogens with zero attached hydrogens (tertiary/aromatic N) is 4. The van der Waals surface area contributed by atoms with Gasteiger partial charge in [0.25, 0.3) is 0 Å². The first-order chi connectivity index (χ1) is 12.2. The van der Waals surface area contributed by atoms with Crippen LogP contribution in [0.15, 0.2) is 11.2 Å². The maximum atomic E-state index is 12.4. The zero-order valence-electron chi connectivity index (χ0n) is 16.6. The van der Waals surface area contributed by atoms with Crippen molar-refractivity contribution in [3.63, 3.8) is 0 Å². The van der Waals surface area contributed by atoms with Crippen LogP contribution in [0.1, 0.15) is 40.5 Å². The van der Waals surface area contributed by atoms with Crippen LogP contribution >= 0.6 is 11.8 Å². The Hall–Kier alpha value is -1.70. The lowest BCUT2D eigenvalue weighted by atomic mass is 10.0. The summed E-state index contributed by atoms with van der Waals surface area (Å²) < 4.78 is 11.1. The van der Waals surface area contributed by atoms with Crippen LogP contribution in [0.3, 0.4) is 0 Å². The maximum Gasteiger partial charge on any atom is 0.410 e. The fourth-order valence-corrected chi connectivity index (χ4v) is 3.20. The van der Waals surface area contributed by atoms with E-state index < -0.39 is 5.60 Å². The summed E-state index contributed by atoms with van der Waals surface area (Å²) in [6.45, 7) is 9.76. The van der Waals surface area contributed by atoms with Gasteiger partial charge in [-0.25, -0.2) is 9.78 Å². The van der Waals surface area contributed by atoms with Crippen LogP contribution in [0.2, 0.25) is 0 Å². The first kappa shape index (κ1) is 20.6. The highest BCUT2D eigenvalue weighted by Crippen LogP contribution is 2.26. The van der Waals surface area contributed by atoms with E-state index in [1.165, 1.54) is 11.8 Å². The van der Waals surface area contributed by atoms with Crippen molar-refractivity contribution in [2.24, 2.45) is 0 Å². The molecule has 26 heavy (non-hydrogen) atoms. The highest BCUT2D eigenvalue weighted by molar-refractivity contribution is 7.98. The molecule has 2 heterocycles. The quantitative estimate of drug-likeness (QED) is 0.571. The van der Waals surface area contributed by atoms with Crippen molar-refractivity contribution in [3.05, 3.63) is 6.07 Å². The smallest absolute Gasteiger partial charge is 0.410 e. The molecule has 0 spiro atoms. The van der Waals surface area contributed by atoms with Gasteiger partial charge in [0.05, 0.1) is 12.6 Å². The predicted molar refractivity (Wildman–Crippen MR) is 104 cm³/mol. The SMILES string of the molecule is CCOc1cc(N2CCC[C@H](N(C)C(=O)OC(C)(C)C)C2)nc(SC)n1. The molecule has 146 valence electrons. The van der Waals surface area contributed by atoms with E-state index in [2.05, 4.69) is 14.9 Å². The first-order valence-electron chi connectivity index (χ1n) is 9.00. The third-order valence-corrected chi connectivity index (χ3v) is 4.64. The second kappa shape index (κ2) is 8.79. The van der Waals surface area contributed by atoms with Crippen LogP contribution < -0.4 is 9.64 Å². The highest BCUT2D eigenvalue weighted by atomic mass is 32.2. The zero-order chi connectivity index (χ0) is 19.3. The second-order valence-electron chi connectivity index (χ2n) is 7.32. The summed E-state index contributed by atoms with van der Waals surface area (Å²) in [5.74, 6) is 1.43. The number of anilines is 1. The van der Waals surface area contributed by atoms with Gasteiger partial charge in [-0.1, -0.05) is 11.8 Å². The third-order valence-electron chi connectivity index (χ3n) is 4.09. The Balaban J connectivity index is 2.12. The normalized spacial score (nSPS) is 17.8. The molecule has 0 saturated carbocycles. The first-order valence-corrected chi connectivity index (χ1v) is 10.2. The number of hydrogen-bond acceptors (Lipinski definition) is 7. The number of carbonyl (C=O) groups is 1. The lowest BCUT2D eigenvalue weighted by molar-refractivity contribution is 0.0209. The molecule has 1 aromatic rings. The summed E-state index contributed by atoms with van der Waals surface area (Å²) in [7, 11) is 1.81. The number of likely N-dealkylation sites (N-methyl/N-ethyl adjacent to an activating group) is 1. The van der Waals surface area contributed by atoms with Gasteiger partial charge in [0, 0.05) is 26.2 Å². The van der Waals surface area contributed by atoms with Crippen LogP contribution in [0.25, 0.3) is 0 Å². The van der Waals surface area contributed by atoms with Crippen LogP contribution in [0.4, 0.5) is 10.6 Å². The molecule has 1 fully saturated rings. The van der Waals surface area contributed by atoms with Gasteiger partial charge in [0.2, 0.25) is 5.88 Å². The van der Waals surface area contributed by atoms with Gasteiger partial charge >= 0.3 is 6.09 Å². The van der Waals surface area contributed by atoms with E-state index in [-0.39, 0.29) is 12.1 Å². The molecule has 1 atom stereocenters. The Morgan fingerprint density at radius 2 is 2.15 bits per heavy atom. The van der Waals surface area contributed by atoms with Crippen LogP contribution in [-0.2, 0) is 4.74 Å². The molecule has 1 aliphatic rings. The van der Waals surface area contributed by atoms with E-state index in [0.717, 1.165) is 25.2 Å². The minimum atomic E-state index is -0.494. The van der Waals surface area contributed by atoms with Crippen LogP contribution in [-0.4, -0.2) is 65.6 Å². The van der Waals surface area contributed by atoms with Crippen molar-refractivity contribution < 1.29 is 14.3 Å². The fourth-order valence-electron chi connectivity index (χ4n) is 2.83. The van der Waals surface area contributed by atoms with Gasteiger partial charge in [-0.05, 0) is 46.8 Å². The summed E-state index contributed by atoms with van der Waals surface area (Å²) in [5, 5.41) is 0.688. The highest BCUT2D eigenvalue weighted by Gasteiger charge is 2.30. The van der Waals surface area contributed by atoms with Crippen molar-refractivity contribution in [1.82, 2.24) is 14.9 Å². The molecule has 0 bridgehead atoms. The number of amides is 1. The molecule has 0 aromatic carbocycles. The largest absolute Gasteiger partial charge is 0.478 e. The number of rotatable bonds is 5. The average molecular weight is 383 g/mol. The van der Waals surface area contributed by atoms with Gasteiger partial charge in [0.1, 0.15) is 11.4 Å². The molecule has 1 aromatic heterocycles. The molecule has 0 aliphatic carbocycles. The van der Waals surface area contributed by atoms with E-state index >= 15 is 0 Å². The monoisotopic (exact) mass is 382 g/mol. The molecule has 7 nitrogen and oxygen atoms in total. The predicted octanol–water partition coefficient (Wildman–Crippen LogP) is 3.43. The van der Waals surface area contributed by atoms with Crippen LogP contribution in [0, 0.1) is 0 Å². The summed E-state index contributed by atoms with van der Waals surface area (Å²) >= 11 is 1.49. The maximum absolute atomic E-state index is 12.4. The van der Waals surface area contributed by atoms with E-state index in [9.17, 15) is 4.79 Å². The number of aromatic nitrogens is 2. The van der Waals surface area contributed by atoms with Gasteiger partial charge in [-0.2, -0.15) is 4.98 Å². The van der Waals surface area contributed by atoms with E-state index in [0.29, 0.717) is 24.2 Å². The van der Waals surface area contributed by atoms with Crippen molar-refractivity contribution in [2.45, 2.75) is 57.3 Å². The van der Waals surface area contributed by atoms with Crippen molar-refractivity contribution in [1.29, 1.82) is 0 Å². The molecule has 8 heteroatoms. The van der Waals surface area contributed by atoms with Crippen molar-refractivity contribution in [3.8, 4) is 5.88 Å². The Labute approximate surface area is 160 Å². The Kier molecular flexibility index (Phi) is 6.97. The number of hydrogen-bond donors (Lipinski definition) is 0. The minimum absolute atomic E-state index is 0.0850. The topological polar surface area (TPSA) is 67.8 Å². The molecular formula is C18H30N4O3S. The Morgan fingerprint density at radius 1 is 1.42 bits per heavy atom. The summed E-state index contributed by atoms with van der Waals surface area (Å²) in [6, 6.07) is 1.96. The standard InChI is InChI=1S/C18H30N4O3S/c1-7-24-15-11-14(19-16(20-15)26-6)22-10-8-9-13(12-22)21(5)17(23)25-18(2,3)4/h11,13H,7-10,12H2,1-6H3/t13-/m0/s1. The van der Waals surface area contributed by atoms with Gasteiger partial charge in [0.15, 0.2) is 5.16 Å². The molecule has 1 amide bonds. The van der Waals surface area contributed by atoms with E-state index in [1.54, 1.807) is 11.9 Å². The molecule has 0 N–H and O–H groups in total. The van der Waals surface area contributed by atoms with Gasteiger partial charge in [-0.15, -0.1) is 0 Å². The summed E-state index contributed by atoms with van der Waals surface area (Å²) in [5.41, 5.74) is -0.494. The molecule has 1 saturated heterocycles. The number of piperidine rings is 1. The number of ether oxygens (including phenoxy) is 2. The lowest BCUT2D eigenvalue weighted by Crippen LogP contribution is -2.50. The van der Waals surface area contributed by atoms with Crippen molar-refractivity contribution in [2.75, 3.05) is 37.9 Å². The Bertz CT molecular complexity index is 621. The molecular weight excluding hydrogens is 352 g/mol. The van der Waals surface area contributed by atoms with Crippen molar-refractivity contribution >= 4 is 23.7 Å². The molecule has 2 rings (SSSR count). The minimum Gasteiger partial charge on any atom is -0.478 e. The van der Waals surface area contributed by atoms with E-state index in [1.807, 2.05) is 40.0 Å². The zero-order valence-corrected chi connectivity index (χ0v) is 17.4. The number of carbonyl (C=O) groups excluding carboxylic acids is 1. The lowest BCUT2D eigenvalue weighted by Gasteiger charge is -2.38.